The minimum Gasteiger partial charge on any atom is -0.497 e. The van der Waals surface area contributed by atoms with Crippen LogP contribution in [0.1, 0.15) is 21.6 Å². The average molecular weight is 379 g/mol. The van der Waals surface area contributed by atoms with Gasteiger partial charge in [-0.15, -0.1) is 0 Å². The fourth-order valence-corrected chi connectivity index (χ4v) is 2.72. The van der Waals surface area contributed by atoms with Crippen LogP contribution >= 0.6 is 0 Å². The summed E-state index contributed by atoms with van der Waals surface area (Å²) in [6.45, 7) is 0.828. The lowest BCUT2D eigenvalue weighted by atomic mass is 10.1. The number of rotatable bonds is 8. The number of carbonyl (C=O) groups is 1. The van der Waals surface area contributed by atoms with Gasteiger partial charge in [0.1, 0.15) is 17.3 Å². The number of methoxy groups -OCH3 is 1. The Hall–Kier alpha value is -3.41. The minimum absolute atomic E-state index is 0.113. The first kappa shape index (κ1) is 19.4. The summed E-state index contributed by atoms with van der Waals surface area (Å²) in [5.74, 6) is 0.142. The van der Waals surface area contributed by atoms with Crippen LogP contribution < -0.4 is 15.4 Å². The number of aromatic nitrogens is 1. The normalized spacial score (nSPS) is 10.4. The maximum atomic E-state index is 13.6. The van der Waals surface area contributed by atoms with Crippen LogP contribution in [0, 0.1) is 5.82 Å². The van der Waals surface area contributed by atoms with Crippen molar-refractivity contribution >= 4 is 11.6 Å². The summed E-state index contributed by atoms with van der Waals surface area (Å²) < 4.78 is 18.8. The van der Waals surface area contributed by atoms with Crippen molar-refractivity contribution in [1.29, 1.82) is 0 Å². The van der Waals surface area contributed by atoms with Crippen LogP contribution in [0.2, 0.25) is 0 Å². The van der Waals surface area contributed by atoms with Gasteiger partial charge >= 0.3 is 0 Å². The SMILES string of the molecule is COc1ccc(CCNc2ccnc(C(=O)NCc3ccccc3F)c2)cc1. The fourth-order valence-electron chi connectivity index (χ4n) is 2.72. The van der Waals surface area contributed by atoms with Crippen LogP contribution in [-0.4, -0.2) is 24.5 Å². The zero-order valence-corrected chi connectivity index (χ0v) is 15.6. The Morgan fingerprint density at radius 3 is 2.64 bits per heavy atom. The third-order valence-corrected chi connectivity index (χ3v) is 4.29. The van der Waals surface area contributed by atoms with Gasteiger partial charge in [0.15, 0.2) is 0 Å². The van der Waals surface area contributed by atoms with Crippen molar-refractivity contribution in [3.8, 4) is 5.75 Å². The van der Waals surface area contributed by atoms with Crippen LogP contribution in [0.25, 0.3) is 0 Å². The third-order valence-electron chi connectivity index (χ3n) is 4.29. The van der Waals surface area contributed by atoms with Gasteiger partial charge < -0.3 is 15.4 Å². The van der Waals surface area contributed by atoms with Crippen LogP contribution in [0.15, 0.2) is 66.9 Å². The Kier molecular flexibility index (Phi) is 6.57. The monoisotopic (exact) mass is 379 g/mol. The van der Waals surface area contributed by atoms with E-state index in [1.807, 2.05) is 30.3 Å². The summed E-state index contributed by atoms with van der Waals surface area (Å²) in [7, 11) is 1.64. The predicted octanol–water partition coefficient (Wildman–Crippen LogP) is 3.81. The molecule has 0 aliphatic carbocycles. The van der Waals surface area contributed by atoms with Gasteiger partial charge in [-0.05, 0) is 42.3 Å². The van der Waals surface area contributed by atoms with Gasteiger partial charge in [-0.1, -0.05) is 30.3 Å². The van der Waals surface area contributed by atoms with Crippen molar-refractivity contribution in [2.45, 2.75) is 13.0 Å². The van der Waals surface area contributed by atoms with E-state index in [-0.39, 0.29) is 24.0 Å². The maximum Gasteiger partial charge on any atom is 0.270 e. The Morgan fingerprint density at radius 2 is 1.89 bits per heavy atom. The first-order valence-electron chi connectivity index (χ1n) is 9.00. The quantitative estimate of drug-likeness (QED) is 0.625. The van der Waals surface area contributed by atoms with Crippen molar-refractivity contribution in [3.05, 3.63) is 89.5 Å². The fraction of sp³-hybridized carbons (Fsp3) is 0.182. The molecule has 1 aromatic heterocycles. The molecule has 144 valence electrons. The summed E-state index contributed by atoms with van der Waals surface area (Å²) >= 11 is 0. The van der Waals surface area contributed by atoms with E-state index in [9.17, 15) is 9.18 Å². The smallest absolute Gasteiger partial charge is 0.270 e. The molecule has 0 bridgehead atoms. The molecule has 1 heterocycles. The maximum absolute atomic E-state index is 13.6. The largest absolute Gasteiger partial charge is 0.497 e. The van der Waals surface area contributed by atoms with Gasteiger partial charge in [0.25, 0.3) is 5.91 Å². The standard InChI is InChI=1S/C22H22FN3O2/c1-28-19-8-6-16(7-9-19)10-12-24-18-11-13-25-21(14-18)22(27)26-15-17-4-2-3-5-20(17)23/h2-9,11,13-14H,10,12,15H2,1H3,(H,24,25)(H,26,27). The van der Waals surface area contributed by atoms with E-state index in [1.165, 1.54) is 11.6 Å². The van der Waals surface area contributed by atoms with Gasteiger partial charge in [-0.3, -0.25) is 9.78 Å². The Labute approximate surface area is 163 Å². The molecule has 1 amide bonds. The first-order chi connectivity index (χ1) is 13.7. The minimum atomic E-state index is -0.345. The molecule has 2 aromatic carbocycles. The molecular weight excluding hydrogens is 357 g/mol. The number of amides is 1. The summed E-state index contributed by atoms with van der Waals surface area (Å²) in [5.41, 5.74) is 2.71. The predicted molar refractivity (Wildman–Crippen MR) is 107 cm³/mol. The molecule has 0 saturated heterocycles. The lowest BCUT2D eigenvalue weighted by Crippen LogP contribution is -2.24. The second-order valence-corrected chi connectivity index (χ2v) is 6.23. The van der Waals surface area contributed by atoms with Crippen LogP contribution in [0.4, 0.5) is 10.1 Å². The number of anilines is 1. The van der Waals surface area contributed by atoms with Crippen LogP contribution in [0.3, 0.4) is 0 Å². The molecule has 3 rings (SSSR count). The van der Waals surface area contributed by atoms with E-state index < -0.39 is 0 Å². The molecule has 3 aromatic rings. The molecule has 0 aliphatic rings. The highest BCUT2D eigenvalue weighted by Crippen LogP contribution is 2.13. The van der Waals surface area contributed by atoms with E-state index in [0.717, 1.165) is 17.9 Å². The van der Waals surface area contributed by atoms with Crippen molar-refractivity contribution in [2.24, 2.45) is 0 Å². The molecule has 6 heteroatoms. The number of halogens is 1. The summed E-state index contributed by atoms with van der Waals surface area (Å²) in [5, 5.41) is 5.98. The van der Waals surface area contributed by atoms with Gasteiger partial charge in [0.2, 0.25) is 0 Å². The highest BCUT2D eigenvalue weighted by atomic mass is 19.1. The molecule has 28 heavy (non-hydrogen) atoms. The number of nitrogens with zero attached hydrogens (tertiary/aromatic N) is 1. The third kappa shape index (κ3) is 5.30. The number of nitrogens with one attached hydrogen (secondary N) is 2. The van der Waals surface area contributed by atoms with Gasteiger partial charge in [0, 0.05) is 30.5 Å². The Morgan fingerprint density at radius 1 is 1.11 bits per heavy atom. The summed E-state index contributed by atoms with van der Waals surface area (Å²) in [6.07, 6.45) is 2.41. The van der Waals surface area contributed by atoms with Gasteiger partial charge in [-0.2, -0.15) is 0 Å². The van der Waals surface area contributed by atoms with E-state index in [2.05, 4.69) is 15.6 Å². The molecule has 0 spiro atoms. The number of ether oxygens (including phenoxy) is 1. The lowest BCUT2D eigenvalue weighted by molar-refractivity contribution is 0.0945. The zero-order valence-electron chi connectivity index (χ0n) is 15.6. The lowest BCUT2D eigenvalue weighted by Gasteiger charge is -2.09. The number of hydrogen-bond acceptors (Lipinski definition) is 4. The Balaban J connectivity index is 1.52. The number of carbonyl (C=O) groups excluding carboxylic acids is 1. The summed E-state index contributed by atoms with van der Waals surface area (Å²) in [6, 6.07) is 17.8. The van der Waals surface area contributed by atoms with E-state index >= 15 is 0 Å². The molecule has 2 N–H and O–H groups in total. The average Bonchev–Trinajstić information content (AvgIpc) is 2.74. The molecule has 0 radical (unpaired) electrons. The number of benzene rings is 2. The molecule has 0 aliphatic heterocycles. The molecule has 0 unspecified atom stereocenters. The molecular formula is C22H22FN3O2. The number of pyridine rings is 1. The van der Waals surface area contributed by atoms with Crippen molar-refractivity contribution in [2.75, 3.05) is 19.0 Å². The van der Waals surface area contributed by atoms with Gasteiger partial charge in [-0.25, -0.2) is 4.39 Å². The van der Waals surface area contributed by atoms with E-state index in [4.69, 9.17) is 4.74 Å². The van der Waals surface area contributed by atoms with Crippen molar-refractivity contribution in [3.63, 3.8) is 0 Å². The van der Waals surface area contributed by atoms with Gasteiger partial charge in [0.05, 0.1) is 7.11 Å². The van der Waals surface area contributed by atoms with Crippen LogP contribution in [0.5, 0.6) is 5.75 Å². The number of hydrogen-bond donors (Lipinski definition) is 2. The van der Waals surface area contributed by atoms with E-state index in [0.29, 0.717) is 12.1 Å². The Bertz CT molecular complexity index is 929. The van der Waals surface area contributed by atoms with Crippen LogP contribution in [-0.2, 0) is 13.0 Å². The van der Waals surface area contributed by atoms with E-state index in [1.54, 1.807) is 37.6 Å². The summed E-state index contributed by atoms with van der Waals surface area (Å²) in [4.78, 5) is 16.4. The van der Waals surface area contributed by atoms with Crippen molar-refractivity contribution < 1.29 is 13.9 Å². The highest BCUT2D eigenvalue weighted by molar-refractivity contribution is 5.93. The highest BCUT2D eigenvalue weighted by Gasteiger charge is 2.09. The molecule has 0 fully saturated rings. The molecule has 0 saturated carbocycles. The molecule has 0 atom stereocenters. The first-order valence-corrected chi connectivity index (χ1v) is 9.00. The topological polar surface area (TPSA) is 63.2 Å². The second kappa shape index (κ2) is 9.50. The van der Waals surface area contributed by atoms with Crippen molar-refractivity contribution in [1.82, 2.24) is 10.3 Å². The zero-order chi connectivity index (χ0) is 19.8. The molecule has 5 nitrogen and oxygen atoms in total. The second-order valence-electron chi connectivity index (χ2n) is 6.23.